The maximum absolute atomic E-state index is 5.83. The van der Waals surface area contributed by atoms with E-state index in [0.717, 1.165) is 0 Å². The summed E-state index contributed by atoms with van der Waals surface area (Å²) in [5, 5.41) is 0. The van der Waals surface area contributed by atoms with Crippen molar-refractivity contribution in [3.63, 3.8) is 0 Å². The number of aromatic amines is 1. The summed E-state index contributed by atoms with van der Waals surface area (Å²) in [6.45, 7) is 3.10. The molecule has 0 amide bonds. The first-order chi connectivity index (χ1) is 6.92. The molecule has 0 aromatic carbocycles. The Morgan fingerprint density at radius 2 is 2.14 bits per heavy atom. The lowest BCUT2D eigenvalue weighted by atomic mass is 10.1. The molecule has 1 fully saturated rings. The van der Waals surface area contributed by atoms with Crippen molar-refractivity contribution in [1.82, 2.24) is 9.88 Å². The summed E-state index contributed by atoms with van der Waals surface area (Å²) in [5.74, 6) is 0. The number of hydrogen-bond acceptors (Lipinski definition) is 2. The van der Waals surface area contributed by atoms with Crippen molar-refractivity contribution in [3.8, 4) is 0 Å². The molecule has 14 heavy (non-hydrogen) atoms. The van der Waals surface area contributed by atoms with Crippen molar-refractivity contribution in [2.24, 2.45) is 5.73 Å². The summed E-state index contributed by atoms with van der Waals surface area (Å²) in [4.78, 5) is 5.76. The number of piperidine rings is 1. The van der Waals surface area contributed by atoms with Crippen LogP contribution < -0.4 is 5.73 Å². The van der Waals surface area contributed by atoms with E-state index in [1.165, 1.54) is 38.0 Å². The first-order valence-electron chi connectivity index (χ1n) is 5.49. The van der Waals surface area contributed by atoms with Crippen LogP contribution in [0.25, 0.3) is 0 Å². The molecule has 2 rings (SSSR count). The van der Waals surface area contributed by atoms with Gasteiger partial charge in [0.1, 0.15) is 0 Å². The fourth-order valence-corrected chi connectivity index (χ4v) is 2.25. The zero-order chi connectivity index (χ0) is 9.80. The van der Waals surface area contributed by atoms with Crippen LogP contribution in [0.3, 0.4) is 0 Å². The van der Waals surface area contributed by atoms with Gasteiger partial charge in [0.25, 0.3) is 0 Å². The molecule has 1 aliphatic heterocycles. The molecule has 3 N–H and O–H groups in total. The van der Waals surface area contributed by atoms with Crippen LogP contribution in [-0.2, 0) is 0 Å². The predicted molar refractivity (Wildman–Crippen MR) is 58.0 cm³/mol. The van der Waals surface area contributed by atoms with Crippen LogP contribution in [0, 0.1) is 0 Å². The van der Waals surface area contributed by atoms with Gasteiger partial charge in [-0.15, -0.1) is 0 Å². The van der Waals surface area contributed by atoms with E-state index in [-0.39, 0.29) is 0 Å². The van der Waals surface area contributed by atoms with Gasteiger partial charge in [0.2, 0.25) is 0 Å². The van der Waals surface area contributed by atoms with E-state index < -0.39 is 0 Å². The molecule has 1 saturated heterocycles. The Morgan fingerprint density at radius 1 is 1.36 bits per heavy atom. The lowest BCUT2D eigenvalue weighted by Crippen LogP contribution is -2.37. The first-order valence-corrected chi connectivity index (χ1v) is 5.49. The fraction of sp³-hybridized carbons (Fsp3) is 0.636. The van der Waals surface area contributed by atoms with Crippen LogP contribution in [-0.4, -0.2) is 29.5 Å². The Balaban J connectivity index is 2.04. The summed E-state index contributed by atoms with van der Waals surface area (Å²) in [5.41, 5.74) is 7.09. The Kier molecular flexibility index (Phi) is 3.22. The largest absolute Gasteiger partial charge is 0.364 e. The minimum Gasteiger partial charge on any atom is -0.364 e. The maximum Gasteiger partial charge on any atom is 0.0622 e. The van der Waals surface area contributed by atoms with E-state index >= 15 is 0 Å². The molecule has 0 bridgehead atoms. The molecule has 0 aliphatic carbocycles. The molecule has 0 radical (unpaired) electrons. The molecular weight excluding hydrogens is 174 g/mol. The van der Waals surface area contributed by atoms with Crippen LogP contribution in [0.15, 0.2) is 18.3 Å². The Labute approximate surface area is 85.3 Å². The van der Waals surface area contributed by atoms with Gasteiger partial charge in [0, 0.05) is 18.4 Å². The summed E-state index contributed by atoms with van der Waals surface area (Å²) < 4.78 is 0. The molecule has 2 heterocycles. The van der Waals surface area contributed by atoms with Gasteiger partial charge in [-0.2, -0.15) is 0 Å². The number of nitrogens with one attached hydrogen (secondary N) is 1. The minimum absolute atomic E-state index is 0.394. The molecule has 1 aliphatic rings. The van der Waals surface area contributed by atoms with Gasteiger partial charge in [-0.1, -0.05) is 6.42 Å². The van der Waals surface area contributed by atoms with Crippen molar-refractivity contribution in [2.75, 3.05) is 19.6 Å². The monoisotopic (exact) mass is 193 g/mol. The molecule has 1 atom stereocenters. The Bertz CT molecular complexity index is 250. The molecule has 78 valence electrons. The number of likely N-dealkylation sites (tertiary alicyclic amines) is 1. The van der Waals surface area contributed by atoms with Crippen LogP contribution in [0.4, 0.5) is 0 Å². The molecule has 0 spiro atoms. The second kappa shape index (κ2) is 4.62. The number of rotatable bonds is 3. The lowest BCUT2D eigenvalue weighted by Gasteiger charge is -2.33. The van der Waals surface area contributed by atoms with Crippen molar-refractivity contribution in [2.45, 2.75) is 25.3 Å². The van der Waals surface area contributed by atoms with E-state index in [0.29, 0.717) is 12.6 Å². The highest BCUT2D eigenvalue weighted by molar-refractivity contribution is 5.10. The normalized spacial score (nSPS) is 20.9. The average molecular weight is 193 g/mol. The summed E-state index contributed by atoms with van der Waals surface area (Å²) in [7, 11) is 0. The van der Waals surface area contributed by atoms with Crippen LogP contribution in [0.5, 0.6) is 0 Å². The smallest absolute Gasteiger partial charge is 0.0622 e. The van der Waals surface area contributed by atoms with E-state index in [1.807, 2.05) is 12.3 Å². The van der Waals surface area contributed by atoms with Gasteiger partial charge in [-0.3, -0.25) is 4.90 Å². The summed E-state index contributed by atoms with van der Waals surface area (Å²) in [6, 6.07) is 4.57. The Hall–Kier alpha value is -0.800. The third-order valence-electron chi connectivity index (χ3n) is 3.04. The van der Waals surface area contributed by atoms with Crippen LogP contribution in [0.2, 0.25) is 0 Å². The quantitative estimate of drug-likeness (QED) is 0.764. The van der Waals surface area contributed by atoms with Crippen LogP contribution in [0.1, 0.15) is 31.0 Å². The number of aromatic nitrogens is 1. The highest BCUT2D eigenvalue weighted by Gasteiger charge is 2.21. The van der Waals surface area contributed by atoms with Crippen molar-refractivity contribution in [3.05, 3.63) is 24.0 Å². The third kappa shape index (κ3) is 1.99. The lowest BCUT2D eigenvalue weighted by molar-refractivity contribution is 0.165. The SMILES string of the molecule is NCC(c1ccc[nH]1)N1CCCCC1. The zero-order valence-electron chi connectivity index (χ0n) is 8.58. The predicted octanol–water partition coefficient (Wildman–Crippen LogP) is 1.50. The van der Waals surface area contributed by atoms with Gasteiger partial charge >= 0.3 is 0 Å². The van der Waals surface area contributed by atoms with Crippen LogP contribution >= 0.6 is 0 Å². The molecule has 3 heteroatoms. The average Bonchev–Trinajstić information content (AvgIpc) is 2.74. The van der Waals surface area contributed by atoms with Crippen molar-refractivity contribution >= 4 is 0 Å². The number of hydrogen-bond donors (Lipinski definition) is 2. The Morgan fingerprint density at radius 3 is 2.71 bits per heavy atom. The van der Waals surface area contributed by atoms with Crippen molar-refractivity contribution in [1.29, 1.82) is 0 Å². The van der Waals surface area contributed by atoms with E-state index in [2.05, 4.69) is 16.0 Å². The highest BCUT2D eigenvalue weighted by Crippen LogP contribution is 2.22. The van der Waals surface area contributed by atoms with E-state index in [4.69, 9.17) is 5.73 Å². The topological polar surface area (TPSA) is 45.1 Å². The van der Waals surface area contributed by atoms with E-state index in [9.17, 15) is 0 Å². The molecule has 0 saturated carbocycles. The number of nitrogens with two attached hydrogens (primary N) is 1. The third-order valence-corrected chi connectivity index (χ3v) is 3.04. The van der Waals surface area contributed by atoms with E-state index in [1.54, 1.807) is 0 Å². The fourth-order valence-electron chi connectivity index (χ4n) is 2.25. The van der Waals surface area contributed by atoms with Gasteiger partial charge in [-0.25, -0.2) is 0 Å². The van der Waals surface area contributed by atoms with Gasteiger partial charge in [0.05, 0.1) is 6.04 Å². The summed E-state index contributed by atoms with van der Waals surface area (Å²) >= 11 is 0. The van der Waals surface area contributed by atoms with Gasteiger partial charge < -0.3 is 10.7 Å². The number of nitrogens with zero attached hydrogens (tertiary/aromatic N) is 1. The molecule has 1 unspecified atom stereocenters. The number of H-pyrrole nitrogens is 1. The minimum atomic E-state index is 0.394. The standard InChI is InChI=1S/C11H19N3/c12-9-11(10-5-4-6-13-10)14-7-2-1-3-8-14/h4-6,11,13H,1-3,7-9,12H2. The van der Waals surface area contributed by atoms with Gasteiger partial charge in [0.15, 0.2) is 0 Å². The highest BCUT2D eigenvalue weighted by atomic mass is 15.2. The first kappa shape index (κ1) is 9.74. The van der Waals surface area contributed by atoms with Crippen molar-refractivity contribution < 1.29 is 0 Å². The molecule has 1 aromatic rings. The zero-order valence-corrected chi connectivity index (χ0v) is 8.58. The second-order valence-electron chi connectivity index (χ2n) is 3.97. The molecule has 3 nitrogen and oxygen atoms in total. The van der Waals surface area contributed by atoms with Gasteiger partial charge in [-0.05, 0) is 38.1 Å². The maximum atomic E-state index is 5.83. The summed E-state index contributed by atoms with van der Waals surface area (Å²) in [6.07, 6.45) is 5.98. The molecular formula is C11H19N3. The molecule has 1 aromatic heterocycles. The second-order valence-corrected chi connectivity index (χ2v) is 3.97.